The number of hydrogen-bond donors (Lipinski definition) is 1. The molecule has 9 nitrogen and oxygen atoms in total. The molecular weight excluding hydrogens is 570 g/mol. The third kappa shape index (κ3) is 7.60. The van der Waals surface area contributed by atoms with Gasteiger partial charge >= 0.3 is 6.09 Å². The van der Waals surface area contributed by atoms with Gasteiger partial charge in [0.15, 0.2) is 6.23 Å². The molecule has 6 rings (SSSR count). The van der Waals surface area contributed by atoms with Crippen LogP contribution < -0.4 is 4.74 Å². The predicted molar refractivity (Wildman–Crippen MR) is 172 cm³/mol. The van der Waals surface area contributed by atoms with E-state index in [9.17, 15) is 9.90 Å². The summed E-state index contributed by atoms with van der Waals surface area (Å²) in [6.45, 7) is 7.71. The highest BCUT2D eigenvalue weighted by atomic mass is 16.6. The molecular formula is C36H43N3O6. The third-order valence-corrected chi connectivity index (χ3v) is 8.33. The smallest absolute Gasteiger partial charge is 0.410 e. The molecule has 0 spiro atoms. The molecule has 1 aliphatic carbocycles. The number of phenolic OH excluding ortho intramolecular Hbond substituents is 1. The lowest BCUT2D eigenvalue weighted by molar-refractivity contribution is -0.0366. The summed E-state index contributed by atoms with van der Waals surface area (Å²) in [5.74, 6) is 0.966. The summed E-state index contributed by atoms with van der Waals surface area (Å²) in [6.07, 6.45) is 5.78. The van der Waals surface area contributed by atoms with Crippen LogP contribution in [0.5, 0.6) is 11.5 Å². The van der Waals surface area contributed by atoms with Crippen molar-refractivity contribution in [3.8, 4) is 22.6 Å². The topological polar surface area (TPSA) is 95.3 Å². The first-order valence-corrected chi connectivity index (χ1v) is 15.9. The Morgan fingerprint density at radius 1 is 1.04 bits per heavy atom. The molecule has 1 unspecified atom stereocenters. The fourth-order valence-electron chi connectivity index (χ4n) is 5.92. The minimum absolute atomic E-state index is 0.0145. The molecule has 1 atom stereocenters. The molecule has 0 radical (unpaired) electrons. The van der Waals surface area contributed by atoms with Crippen LogP contribution in [0.15, 0.2) is 72.9 Å². The first-order chi connectivity index (χ1) is 21.7. The number of benzene rings is 3. The van der Waals surface area contributed by atoms with Gasteiger partial charge in [-0.1, -0.05) is 42.5 Å². The first-order valence-electron chi connectivity index (χ1n) is 15.9. The molecule has 2 aliphatic rings. The highest BCUT2D eigenvalue weighted by Gasteiger charge is 2.39. The highest BCUT2D eigenvalue weighted by Crippen LogP contribution is 2.39. The molecule has 0 bridgehead atoms. The van der Waals surface area contributed by atoms with Crippen LogP contribution in [0, 0.1) is 0 Å². The zero-order chi connectivity index (χ0) is 31.4. The molecule has 1 saturated carbocycles. The lowest BCUT2D eigenvalue weighted by Gasteiger charge is -2.42. The van der Waals surface area contributed by atoms with Crippen molar-refractivity contribution in [1.82, 2.24) is 14.7 Å². The van der Waals surface area contributed by atoms with Crippen molar-refractivity contribution < 1.29 is 28.8 Å². The van der Waals surface area contributed by atoms with Crippen molar-refractivity contribution in [1.29, 1.82) is 0 Å². The molecule has 1 N–H and O–H groups in total. The van der Waals surface area contributed by atoms with Gasteiger partial charge in [-0.15, -0.1) is 0 Å². The number of rotatable bonds is 10. The molecule has 1 aliphatic heterocycles. The van der Waals surface area contributed by atoms with Crippen LogP contribution in [0.1, 0.15) is 64.7 Å². The predicted octanol–water partition coefficient (Wildman–Crippen LogP) is 7.47. The van der Waals surface area contributed by atoms with Gasteiger partial charge in [-0.25, -0.2) is 9.48 Å². The van der Waals surface area contributed by atoms with Gasteiger partial charge in [0.2, 0.25) is 0 Å². The summed E-state index contributed by atoms with van der Waals surface area (Å²) in [6, 6.07) is 21.3. The molecule has 4 aromatic rings. The van der Waals surface area contributed by atoms with Crippen molar-refractivity contribution >= 4 is 17.0 Å². The number of amides is 1. The van der Waals surface area contributed by atoms with E-state index in [2.05, 4.69) is 6.07 Å². The normalized spacial score (nSPS) is 20.0. The Bertz CT molecular complexity index is 1570. The van der Waals surface area contributed by atoms with E-state index in [4.69, 9.17) is 24.0 Å². The Morgan fingerprint density at radius 3 is 2.53 bits per heavy atom. The van der Waals surface area contributed by atoms with Crippen molar-refractivity contribution in [2.24, 2.45) is 0 Å². The van der Waals surface area contributed by atoms with E-state index in [0.717, 1.165) is 59.2 Å². The van der Waals surface area contributed by atoms with E-state index in [1.165, 1.54) is 0 Å². The molecule has 1 aromatic heterocycles. The lowest BCUT2D eigenvalue weighted by atomic mass is 9.87. The van der Waals surface area contributed by atoms with E-state index in [0.29, 0.717) is 32.6 Å². The fourth-order valence-corrected chi connectivity index (χ4v) is 5.92. The number of aromatic nitrogens is 2. The number of carbonyl (C=O) groups is 1. The van der Waals surface area contributed by atoms with Gasteiger partial charge in [0.25, 0.3) is 0 Å². The van der Waals surface area contributed by atoms with E-state index < -0.39 is 5.60 Å². The Balaban J connectivity index is 1.18. The van der Waals surface area contributed by atoms with Gasteiger partial charge in [0.1, 0.15) is 23.2 Å². The number of phenols is 1. The molecule has 45 heavy (non-hydrogen) atoms. The van der Waals surface area contributed by atoms with Gasteiger partial charge in [0, 0.05) is 32.0 Å². The monoisotopic (exact) mass is 613 g/mol. The summed E-state index contributed by atoms with van der Waals surface area (Å²) < 4.78 is 26.4. The molecule has 1 saturated heterocycles. The van der Waals surface area contributed by atoms with Gasteiger partial charge < -0.3 is 29.0 Å². The maximum absolute atomic E-state index is 13.2. The second-order valence-electron chi connectivity index (χ2n) is 12.9. The summed E-state index contributed by atoms with van der Waals surface area (Å²) in [5.41, 5.74) is 3.39. The Kier molecular flexibility index (Phi) is 9.28. The number of hydrogen-bond acceptors (Lipinski definition) is 7. The number of ether oxygens (including phenoxy) is 4. The molecule has 1 amide bonds. The van der Waals surface area contributed by atoms with Crippen LogP contribution >= 0.6 is 0 Å². The average molecular weight is 614 g/mol. The number of aromatic hydroxyl groups is 1. The summed E-state index contributed by atoms with van der Waals surface area (Å²) >= 11 is 0. The maximum Gasteiger partial charge on any atom is 0.410 e. The van der Waals surface area contributed by atoms with Gasteiger partial charge in [-0.2, -0.15) is 5.10 Å². The standard InChI is InChI=1S/C36H43N3O6/c1-36(2,3)45-35(41)38(16-18-42-24-25-9-5-4-6-10-25)28-21-30(22-28)44-33-20-27(26-12-14-29(40)15-13-26)19-32-31(33)23-37-39(32)34-11-7-8-17-43-34/h4-6,9-10,12-15,19-20,23,28,30,34,40H,7-8,11,16-18,21-22,24H2,1-3H3. The molecule has 3 aromatic carbocycles. The zero-order valence-corrected chi connectivity index (χ0v) is 26.4. The van der Waals surface area contributed by atoms with Crippen molar-refractivity contribution in [3.63, 3.8) is 0 Å². The molecule has 2 fully saturated rings. The Morgan fingerprint density at radius 2 is 1.82 bits per heavy atom. The van der Waals surface area contributed by atoms with Crippen LogP contribution in [0.3, 0.4) is 0 Å². The van der Waals surface area contributed by atoms with Crippen molar-refractivity contribution in [2.45, 2.75) is 83.5 Å². The fraction of sp³-hybridized carbons (Fsp3) is 0.444. The van der Waals surface area contributed by atoms with E-state index in [1.807, 2.05) is 80.2 Å². The number of nitrogens with zero attached hydrogens (tertiary/aromatic N) is 3. The van der Waals surface area contributed by atoms with Crippen LogP contribution in [-0.2, 0) is 20.8 Å². The minimum atomic E-state index is -0.595. The lowest BCUT2D eigenvalue weighted by Crippen LogP contribution is -2.53. The van der Waals surface area contributed by atoms with Crippen molar-refractivity contribution in [2.75, 3.05) is 19.8 Å². The van der Waals surface area contributed by atoms with Crippen LogP contribution in [0.2, 0.25) is 0 Å². The first kappa shape index (κ1) is 30.9. The Hall–Kier alpha value is -4.08. The van der Waals surface area contributed by atoms with E-state index in [1.54, 1.807) is 17.0 Å². The Labute approximate surface area is 264 Å². The van der Waals surface area contributed by atoms with E-state index in [-0.39, 0.29) is 30.2 Å². The minimum Gasteiger partial charge on any atom is -0.508 e. The van der Waals surface area contributed by atoms with E-state index >= 15 is 0 Å². The SMILES string of the molecule is CC(C)(C)OC(=O)N(CCOCc1ccccc1)C1CC(Oc2cc(-c3ccc(O)cc3)cc3c2cnn3C2CCCCO2)C1. The molecule has 9 heteroatoms. The van der Waals surface area contributed by atoms with Crippen molar-refractivity contribution in [3.05, 3.63) is 78.5 Å². The summed E-state index contributed by atoms with van der Waals surface area (Å²) in [5, 5.41) is 15.5. The van der Waals surface area contributed by atoms with Gasteiger partial charge in [-0.3, -0.25) is 0 Å². The number of carbonyl (C=O) groups excluding carboxylic acids is 1. The van der Waals surface area contributed by atoms with Gasteiger partial charge in [0.05, 0.1) is 30.3 Å². The summed E-state index contributed by atoms with van der Waals surface area (Å²) in [7, 11) is 0. The number of fused-ring (bicyclic) bond motifs is 1. The second-order valence-corrected chi connectivity index (χ2v) is 12.9. The van der Waals surface area contributed by atoms with Gasteiger partial charge in [-0.05, 0) is 81.0 Å². The third-order valence-electron chi connectivity index (χ3n) is 8.33. The highest BCUT2D eigenvalue weighted by molar-refractivity contribution is 5.90. The van der Waals surface area contributed by atoms with Crippen LogP contribution in [0.4, 0.5) is 4.79 Å². The average Bonchev–Trinajstić information content (AvgIpc) is 3.44. The van der Waals surface area contributed by atoms with Crippen LogP contribution in [-0.4, -0.2) is 63.4 Å². The summed E-state index contributed by atoms with van der Waals surface area (Å²) in [4.78, 5) is 15.0. The maximum atomic E-state index is 13.2. The quantitative estimate of drug-likeness (QED) is 0.185. The van der Waals surface area contributed by atoms with Crippen LogP contribution in [0.25, 0.3) is 22.0 Å². The largest absolute Gasteiger partial charge is 0.508 e. The zero-order valence-electron chi connectivity index (χ0n) is 26.4. The molecule has 2 heterocycles. The molecule has 238 valence electrons. The second kappa shape index (κ2) is 13.5.